The third-order valence-corrected chi connectivity index (χ3v) is 6.69. The third kappa shape index (κ3) is 3.57. The van der Waals surface area contributed by atoms with Gasteiger partial charge in [-0.25, -0.2) is 8.42 Å². The van der Waals surface area contributed by atoms with Crippen molar-refractivity contribution in [3.8, 4) is 5.75 Å². The van der Waals surface area contributed by atoms with E-state index in [-0.39, 0.29) is 23.4 Å². The first kappa shape index (κ1) is 19.4. The molecule has 0 aliphatic carbocycles. The van der Waals surface area contributed by atoms with E-state index in [1.54, 1.807) is 60.5 Å². The zero-order valence-corrected chi connectivity index (χ0v) is 16.7. The van der Waals surface area contributed by atoms with Gasteiger partial charge in [0.1, 0.15) is 11.9 Å². The summed E-state index contributed by atoms with van der Waals surface area (Å²) in [6.07, 6.45) is -0.685. The predicted molar refractivity (Wildman–Crippen MR) is 103 cm³/mol. The van der Waals surface area contributed by atoms with Gasteiger partial charge < -0.3 is 9.64 Å². The summed E-state index contributed by atoms with van der Waals surface area (Å²) in [5.74, 6) is 0.511. The van der Waals surface area contributed by atoms with Gasteiger partial charge in [-0.15, -0.1) is 0 Å². The van der Waals surface area contributed by atoms with Gasteiger partial charge in [-0.3, -0.25) is 4.79 Å². The average molecular weight is 388 g/mol. The molecule has 1 aliphatic heterocycles. The molecule has 0 spiro atoms. The predicted octanol–water partition coefficient (Wildman–Crippen LogP) is 2.94. The van der Waals surface area contributed by atoms with Crippen LogP contribution in [0.3, 0.4) is 0 Å². The van der Waals surface area contributed by atoms with Gasteiger partial charge in [-0.2, -0.15) is 4.31 Å². The first-order valence-corrected chi connectivity index (χ1v) is 10.2. The first-order valence-electron chi connectivity index (χ1n) is 8.77. The van der Waals surface area contributed by atoms with Crippen LogP contribution in [0.2, 0.25) is 0 Å². The van der Waals surface area contributed by atoms with Crippen LogP contribution in [0.1, 0.15) is 31.1 Å². The minimum Gasteiger partial charge on any atom is -0.497 e. The number of amides is 1. The molecule has 0 radical (unpaired) electrons. The van der Waals surface area contributed by atoms with Gasteiger partial charge in [0.2, 0.25) is 15.9 Å². The molecule has 7 heteroatoms. The Kier molecular flexibility index (Phi) is 5.26. The molecule has 6 nitrogen and oxygen atoms in total. The number of benzene rings is 2. The molecule has 0 bridgehead atoms. The van der Waals surface area contributed by atoms with E-state index in [2.05, 4.69) is 0 Å². The fourth-order valence-corrected chi connectivity index (χ4v) is 5.14. The number of rotatable bonds is 4. The Labute approximate surface area is 160 Å². The van der Waals surface area contributed by atoms with Crippen molar-refractivity contribution in [2.45, 2.75) is 37.9 Å². The molecule has 2 aromatic rings. The normalized spacial score (nSPS) is 20.7. The topological polar surface area (TPSA) is 66.9 Å². The van der Waals surface area contributed by atoms with Crippen LogP contribution in [0.4, 0.5) is 0 Å². The standard InChI is InChI=1S/C20H24N2O4S/c1-14-5-11-19(12-6-14)27(24,25)21-13-15(2)22(16(3)23)20(21)17-7-9-18(26-4)10-8-17/h5-12,15,20H,13H2,1-4H3. The molecule has 2 atom stereocenters. The van der Waals surface area contributed by atoms with Crippen LogP contribution in [0.15, 0.2) is 53.4 Å². The summed E-state index contributed by atoms with van der Waals surface area (Å²) in [5, 5.41) is 0. The van der Waals surface area contributed by atoms with E-state index < -0.39 is 16.2 Å². The third-order valence-electron chi connectivity index (χ3n) is 4.86. The first-order chi connectivity index (χ1) is 12.8. The highest BCUT2D eigenvalue weighted by Gasteiger charge is 2.45. The molecule has 1 fully saturated rings. The van der Waals surface area contributed by atoms with Crippen molar-refractivity contribution >= 4 is 15.9 Å². The second kappa shape index (κ2) is 7.32. The largest absolute Gasteiger partial charge is 0.497 e. The Bertz CT molecular complexity index is 923. The molecule has 0 aromatic heterocycles. The van der Waals surface area contributed by atoms with E-state index in [9.17, 15) is 13.2 Å². The quantitative estimate of drug-likeness (QED) is 0.808. The number of hydrogen-bond donors (Lipinski definition) is 0. The number of carbonyl (C=O) groups is 1. The monoisotopic (exact) mass is 388 g/mol. The van der Waals surface area contributed by atoms with Crippen LogP contribution in [0.25, 0.3) is 0 Å². The van der Waals surface area contributed by atoms with E-state index in [0.717, 1.165) is 11.1 Å². The lowest BCUT2D eigenvalue weighted by Gasteiger charge is -2.30. The highest BCUT2D eigenvalue weighted by molar-refractivity contribution is 7.89. The van der Waals surface area contributed by atoms with Gasteiger partial charge in [0, 0.05) is 19.5 Å². The molecule has 0 saturated carbocycles. The maximum absolute atomic E-state index is 13.3. The maximum atomic E-state index is 13.3. The molecule has 1 aliphatic rings. The fourth-order valence-electron chi connectivity index (χ4n) is 3.49. The van der Waals surface area contributed by atoms with E-state index in [0.29, 0.717) is 5.75 Å². The summed E-state index contributed by atoms with van der Waals surface area (Å²) < 4.78 is 33.3. The number of carbonyl (C=O) groups excluding carboxylic acids is 1. The molecular weight excluding hydrogens is 364 g/mol. The molecule has 144 valence electrons. The second-order valence-corrected chi connectivity index (χ2v) is 8.70. The van der Waals surface area contributed by atoms with Gasteiger partial charge in [0.15, 0.2) is 0 Å². The molecule has 27 heavy (non-hydrogen) atoms. The summed E-state index contributed by atoms with van der Waals surface area (Å²) in [6, 6.07) is 13.7. The maximum Gasteiger partial charge on any atom is 0.245 e. The number of methoxy groups -OCH3 is 1. The number of nitrogens with zero attached hydrogens (tertiary/aromatic N) is 2. The smallest absolute Gasteiger partial charge is 0.245 e. The van der Waals surface area contributed by atoms with E-state index in [4.69, 9.17) is 4.74 Å². The van der Waals surface area contributed by atoms with Crippen LogP contribution >= 0.6 is 0 Å². The fraction of sp³-hybridized carbons (Fsp3) is 0.350. The lowest BCUT2D eigenvalue weighted by Crippen LogP contribution is -2.38. The number of hydrogen-bond acceptors (Lipinski definition) is 4. The van der Waals surface area contributed by atoms with Gasteiger partial charge in [0.25, 0.3) is 0 Å². The molecule has 3 rings (SSSR count). The van der Waals surface area contributed by atoms with E-state index in [1.165, 1.54) is 11.2 Å². The van der Waals surface area contributed by atoms with Crippen molar-refractivity contribution in [3.63, 3.8) is 0 Å². The lowest BCUT2D eigenvalue weighted by atomic mass is 10.1. The number of ether oxygens (including phenoxy) is 1. The molecule has 1 saturated heterocycles. The van der Waals surface area contributed by atoms with Crippen LogP contribution in [-0.4, -0.2) is 43.2 Å². The lowest BCUT2D eigenvalue weighted by molar-refractivity contribution is -0.132. The summed E-state index contributed by atoms with van der Waals surface area (Å²) in [6.45, 7) is 5.48. The van der Waals surface area contributed by atoms with Crippen LogP contribution < -0.4 is 4.74 Å². The molecule has 0 N–H and O–H groups in total. The highest BCUT2D eigenvalue weighted by Crippen LogP contribution is 2.38. The van der Waals surface area contributed by atoms with Crippen LogP contribution in [-0.2, 0) is 14.8 Å². The highest BCUT2D eigenvalue weighted by atomic mass is 32.2. The Morgan fingerprint density at radius 2 is 1.67 bits per heavy atom. The van der Waals surface area contributed by atoms with Gasteiger partial charge >= 0.3 is 0 Å². The molecular formula is C20H24N2O4S. The Morgan fingerprint density at radius 1 is 1.07 bits per heavy atom. The Morgan fingerprint density at radius 3 is 2.19 bits per heavy atom. The average Bonchev–Trinajstić information content (AvgIpc) is 3.00. The Hall–Kier alpha value is -2.38. The van der Waals surface area contributed by atoms with Crippen LogP contribution in [0, 0.1) is 6.92 Å². The number of sulfonamides is 1. The zero-order chi connectivity index (χ0) is 19.8. The van der Waals surface area contributed by atoms with Crippen molar-refractivity contribution in [3.05, 3.63) is 59.7 Å². The molecule has 2 aromatic carbocycles. The summed E-state index contributed by atoms with van der Waals surface area (Å²) in [7, 11) is -2.19. The van der Waals surface area contributed by atoms with Crippen LogP contribution in [0.5, 0.6) is 5.75 Å². The summed E-state index contributed by atoms with van der Waals surface area (Å²) >= 11 is 0. The van der Waals surface area contributed by atoms with Crippen molar-refractivity contribution in [2.75, 3.05) is 13.7 Å². The second-order valence-electron chi connectivity index (χ2n) is 6.81. The Balaban J connectivity index is 2.08. The molecule has 1 heterocycles. The van der Waals surface area contributed by atoms with Crippen molar-refractivity contribution < 1.29 is 17.9 Å². The van der Waals surface area contributed by atoms with Crippen molar-refractivity contribution in [1.29, 1.82) is 0 Å². The van der Waals surface area contributed by atoms with E-state index >= 15 is 0 Å². The molecule has 1 amide bonds. The SMILES string of the molecule is COc1ccc(C2N(C(C)=O)C(C)CN2S(=O)(=O)c2ccc(C)cc2)cc1. The zero-order valence-electron chi connectivity index (χ0n) is 15.9. The minimum absolute atomic E-state index is 0.162. The molecule has 2 unspecified atom stereocenters. The van der Waals surface area contributed by atoms with E-state index in [1.807, 2.05) is 13.8 Å². The van der Waals surface area contributed by atoms with Gasteiger partial charge in [-0.1, -0.05) is 29.8 Å². The van der Waals surface area contributed by atoms with Crippen molar-refractivity contribution in [1.82, 2.24) is 9.21 Å². The number of aryl methyl sites for hydroxylation is 1. The summed E-state index contributed by atoms with van der Waals surface area (Å²) in [4.78, 5) is 14.1. The van der Waals surface area contributed by atoms with Crippen molar-refractivity contribution in [2.24, 2.45) is 0 Å². The van der Waals surface area contributed by atoms with Gasteiger partial charge in [0.05, 0.1) is 12.0 Å². The van der Waals surface area contributed by atoms with Gasteiger partial charge in [-0.05, 0) is 43.7 Å². The summed E-state index contributed by atoms with van der Waals surface area (Å²) in [5.41, 5.74) is 1.71. The minimum atomic E-state index is -3.76.